The molecular weight excluding hydrogens is 368 g/mol. The second-order valence-electron chi connectivity index (χ2n) is 5.60. The summed E-state index contributed by atoms with van der Waals surface area (Å²) in [4.78, 5) is 24.5. The van der Waals surface area contributed by atoms with E-state index in [9.17, 15) is 4.79 Å². The molecule has 0 spiro atoms. The smallest absolute Gasteiger partial charge is 0.251 e. The lowest BCUT2D eigenvalue weighted by molar-refractivity contribution is 0.985. The Balaban J connectivity index is 1.55. The summed E-state index contributed by atoms with van der Waals surface area (Å²) in [6, 6.07) is 13.1. The number of aromatic amines is 1. The van der Waals surface area contributed by atoms with Gasteiger partial charge in [-0.2, -0.15) is 0 Å². The lowest BCUT2D eigenvalue weighted by Crippen LogP contribution is -2.10. The van der Waals surface area contributed by atoms with E-state index < -0.39 is 0 Å². The van der Waals surface area contributed by atoms with Gasteiger partial charge in [0.2, 0.25) is 0 Å². The van der Waals surface area contributed by atoms with Crippen molar-refractivity contribution in [2.75, 3.05) is 17.6 Å². The number of hydrogen-bond acceptors (Lipinski definition) is 5. The summed E-state index contributed by atoms with van der Waals surface area (Å²) < 4.78 is 0. The number of thioether (sulfide) groups is 1. The number of nitrogens with one attached hydrogen (secondary N) is 2. The van der Waals surface area contributed by atoms with Crippen molar-refractivity contribution in [3.05, 3.63) is 69.7 Å². The highest BCUT2D eigenvalue weighted by Crippen LogP contribution is 2.20. The molecule has 3 aromatic rings. The molecule has 0 aliphatic heterocycles. The van der Waals surface area contributed by atoms with E-state index in [1.54, 1.807) is 18.0 Å². The number of anilines is 1. The summed E-state index contributed by atoms with van der Waals surface area (Å²) in [5.74, 6) is 2.25. The molecule has 0 atom stereocenters. The van der Waals surface area contributed by atoms with Gasteiger partial charge in [-0.15, -0.1) is 11.8 Å². The molecule has 0 saturated carbocycles. The summed E-state index contributed by atoms with van der Waals surface area (Å²) in [6.45, 7) is 2.76. The van der Waals surface area contributed by atoms with Crippen molar-refractivity contribution in [2.24, 2.45) is 0 Å². The van der Waals surface area contributed by atoms with E-state index in [0.29, 0.717) is 5.82 Å². The van der Waals surface area contributed by atoms with Crippen LogP contribution in [0, 0.1) is 0 Å². The first-order valence-corrected chi connectivity index (χ1v) is 9.69. The topological polar surface area (TPSA) is 70.7 Å². The van der Waals surface area contributed by atoms with Gasteiger partial charge in [0.1, 0.15) is 11.6 Å². The highest BCUT2D eigenvalue weighted by molar-refractivity contribution is 7.99. The zero-order chi connectivity index (χ0) is 18.4. The van der Waals surface area contributed by atoms with E-state index in [1.165, 1.54) is 11.0 Å². The fraction of sp³-hybridized carbons (Fsp3) is 0.211. The van der Waals surface area contributed by atoms with Gasteiger partial charge in [-0.3, -0.25) is 4.79 Å². The summed E-state index contributed by atoms with van der Waals surface area (Å²) in [7, 11) is 0. The number of halogens is 1. The molecular formula is C19H19ClN4OS. The van der Waals surface area contributed by atoms with Crippen molar-refractivity contribution in [2.45, 2.75) is 18.2 Å². The van der Waals surface area contributed by atoms with Gasteiger partial charge >= 0.3 is 0 Å². The number of pyridine rings is 1. The molecule has 0 fully saturated rings. The van der Waals surface area contributed by atoms with E-state index in [1.807, 2.05) is 43.3 Å². The fourth-order valence-electron chi connectivity index (χ4n) is 2.34. The zero-order valence-electron chi connectivity index (χ0n) is 14.3. The molecule has 26 heavy (non-hydrogen) atoms. The third kappa shape index (κ3) is 5.09. The van der Waals surface area contributed by atoms with Crippen molar-refractivity contribution < 1.29 is 0 Å². The van der Waals surface area contributed by atoms with Crippen molar-refractivity contribution in [3.63, 3.8) is 0 Å². The monoisotopic (exact) mass is 386 g/mol. The van der Waals surface area contributed by atoms with Gasteiger partial charge in [0.15, 0.2) is 0 Å². The summed E-state index contributed by atoms with van der Waals surface area (Å²) in [5, 5.41) is 4.04. The Morgan fingerprint density at radius 1 is 1.19 bits per heavy atom. The summed E-state index contributed by atoms with van der Waals surface area (Å²) in [6.07, 6.45) is 2.43. The first-order valence-electron chi connectivity index (χ1n) is 8.33. The molecule has 134 valence electrons. The normalized spacial score (nSPS) is 10.7. The van der Waals surface area contributed by atoms with Gasteiger partial charge in [-0.1, -0.05) is 18.5 Å². The molecule has 2 aromatic heterocycles. The fourth-order valence-corrected chi connectivity index (χ4v) is 3.24. The molecule has 3 rings (SSSR count). The maximum absolute atomic E-state index is 11.7. The summed E-state index contributed by atoms with van der Waals surface area (Å²) >= 11 is 7.64. The van der Waals surface area contributed by atoms with E-state index in [0.717, 1.165) is 40.8 Å². The molecule has 0 radical (unpaired) electrons. The van der Waals surface area contributed by atoms with Gasteiger partial charge in [0, 0.05) is 45.7 Å². The Morgan fingerprint density at radius 2 is 2.00 bits per heavy atom. The van der Waals surface area contributed by atoms with Gasteiger partial charge in [-0.25, -0.2) is 9.97 Å². The molecule has 0 aliphatic carbocycles. The minimum Gasteiger partial charge on any atom is -0.369 e. The third-order valence-corrected chi connectivity index (χ3v) is 4.95. The summed E-state index contributed by atoms with van der Waals surface area (Å²) in [5.41, 5.74) is 1.41. The second-order valence-corrected chi connectivity index (χ2v) is 7.20. The van der Waals surface area contributed by atoms with Crippen molar-refractivity contribution in [1.29, 1.82) is 0 Å². The molecule has 0 saturated heterocycles. The number of aromatic nitrogens is 3. The number of aryl methyl sites for hydroxylation is 1. The van der Waals surface area contributed by atoms with Gasteiger partial charge in [0.25, 0.3) is 5.56 Å². The van der Waals surface area contributed by atoms with E-state index in [2.05, 4.69) is 20.3 Å². The van der Waals surface area contributed by atoms with Crippen LogP contribution < -0.4 is 10.9 Å². The van der Waals surface area contributed by atoms with Gasteiger partial charge in [0.05, 0.1) is 0 Å². The first-order chi connectivity index (χ1) is 12.6. The standard InChI is InChI=1S/C19H19ClN4OS/c1-2-15-11-18(25)24-19(23-15)13-3-8-17(22-12-13)21-9-10-26-16-6-4-14(20)5-7-16/h3-8,11-12H,2,9-10H2,1H3,(H,21,22)(H,23,24,25). The number of nitrogens with zero attached hydrogens (tertiary/aromatic N) is 2. The molecule has 0 amide bonds. The Labute approximate surface area is 161 Å². The molecule has 0 bridgehead atoms. The molecule has 0 unspecified atom stereocenters. The van der Waals surface area contributed by atoms with E-state index in [4.69, 9.17) is 11.6 Å². The van der Waals surface area contributed by atoms with Gasteiger partial charge in [-0.05, 0) is 42.8 Å². The van der Waals surface area contributed by atoms with Crippen molar-refractivity contribution in [3.8, 4) is 11.4 Å². The number of H-pyrrole nitrogens is 1. The van der Waals surface area contributed by atoms with Crippen LogP contribution in [-0.2, 0) is 6.42 Å². The highest BCUT2D eigenvalue weighted by Gasteiger charge is 2.04. The first kappa shape index (κ1) is 18.5. The van der Waals surface area contributed by atoms with Crippen LogP contribution in [0.15, 0.2) is 58.4 Å². The minimum absolute atomic E-state index is 0.145. The molecule has 2 heterocycles. The number of benzene rings is 1. The second kappa shape index (κ2) is 8.87. The Morgan fingerprint density at radius 3 is 2.69 bits per heavy atom. The van der Waals surface area contributed by atoms with Crippen LogP contribution in [0.5, 0.6) is 0 Å². The Hall–Kier alpha value is -2.31. The van der Waals surface area contributed by atoms with Crippen LogP contribution in [0.2, 0.25) is 5.02 Å². The van der Waals surface area contributed by atoms with E-state index in [-0.39, 0.29) is 5.56 Å². The molecule has 0 aliphatic rings. The van der Waals surface area contributed by atoms with Crippen LogP contribution >= 0.6 is 23.4 Å². The third-order valence-electron chi connectivity index (χ3n) is 3.68. The Kier molecular flexibility index (Phi) is 6.30. The van der Waals surface area contributed by atoms with Gasteiger partial charge < -0.3 is 10.3 Å². The Bertz CT molecular complexity index is 910. The molecule has 1 aromatic carbocycles. The van der Waals surface area contributed by atoms with E-state index >= 15 is 0 Å². The number of rotatable bonds is 7. The highest BCUT2D eigenvalue weighted by atomic mass is 35.5. The molecule has 2 N–H and O–H groups in total. The predicted octanol–water partition coefficient (Wildman–Crippen LogP) is 4.25. The maximum atomic E-state index is 11.7. The number of hydrogen-bond donors (Lipinski definition) is 2. The average molecular weight is 387 g/mol. The van der Waals surface area contributed by atoms with Crippen LogP contribution in [-0.4, -0.2) is 27.2 Å². The zero-order valence-corrected chi connectivity index (χ0v) is 15.9. The molecule has 7 heteroatoms. The predicted molar refractivity (Wildman–Crippen MR) is 108 cm³/mol. The maximum Gasteiger partial charge on any atom is 0.251 e. The quantitative estimate of drug-likeness (QED) is 0.469. The average Bonchev–Trinajstić information content (AvgIpc) is 2.66. The minimum atomic E-state index is -0.145. The SMILES string of the molecule is CCc1cc(=O)[nH]c(-c2ccc(NCCSc3ccc(Cl)cc3)nc2)n1. The van der Waals surface area contributed by atoms with Crippen LogP contribution in [0.1, 0.15) is 12.6 Å². The lowest BCUT2D eigenvalue weighted by atomic mass is 10.2. The van der Waals surface area contributed by atoms with Crippen LogP contribution in [0.4, 0.5) is 5.82 Å². The van der Waals surface area contributed by atoms with Crippen molar-refractivity contribution >= 4 is 29.2 Å². The van der Waals surface area contributed by atoms with Crippen molar-refractivity contribution in [1.82, 2.24) is 15.0 Å². The van der Waals surface area contributed by atoms with Crippen LogP contribution in [0.25, 0.3) is 11.4 Å². The van der Waals surface area contributed by atoms with Crippen LogP contribution in [0.3, 0.4) is 0 Å². The lowest BCUT2D eigenvalue weighted by Gasteiger charge is -2.07. The molecule has 5 nitrogen and oxygen atoms in total. The largest absolute Gasteiger partial charge is 0.369 e.